The molecule has 4 heteroatoms. The minimum Gasteiger partial charge on any atom is -0.336 e. The van der Waals surface area contributed by atoms with Crippen LogP contribution in [0.15, 0.2) is 18.2 Å². The van der Waals surface area contributed by atoms with Crippen LogP contribution in [-0.4, -0.2) is 29.9 Å². The average molecular weight is 264 g/mol. The molecule has 0 aromatic heterocycles. The summed E-state index contributed by atoms with van der Waals surface area (Å²) in [5.41, 5.74) is 6.62. The molecule has 0 saturated heterocycles. The molecule has 2 N–H and O–H groups in total. The van der Waals surface area contributed by atoms with Crippen molar-refractivity contribution >= 4 is 5.91 Å². The zero-order valence-corrected chi connectivity index (χ0v) is 11.4. The molecule has 3 nitrogen and oxygen atoms in total. The monoisotopic (exact) mass is 264 g/mol. The maximum Gasteiger partial charge on any atom is 0.254 e. The highest BCUT2D eigenvalue weighted by molar-refractivity contribution is 5.94. The average Bonchev–Trinajstić information content (AvgIpc) is 2.34. The van der Waals surface area contributed by atoms with Crippen LogP contribution in [0.5, 0.6) is 0 Å². The highest BCUT2D eigenvalue weighted by atomic mass is 19.1. The Morgan fingerprint density at radius 1 is 1.47 bits per heavy atom. The Balaban J connectivity index is 2.15. The van der Waals surface area contributed by atoms with Gasteiger partial charge in [-0.3, -0.25) is 4.79 Å². The van der Waals surface area contributed by atoms with Gasteiger partial charge in [-0.15, -0.1) is 0 Å². The molecule has 104 valence electrons. The number of aryl methyl sites for hydroxylation is 1. The van der Waals surface area contributed by atoms with Gasteiger partial charge in [-0.05, 0) is 62.9 Å². The number of halogens is 1. The van der Waals surface area contributed by atoms with Crippen molar-refractivity contribution in [3.05, 3.63) is 35.1 Å². The lowest BCUT2D eigenvalue weighted by molar-refractivity contribution is 0.0578. The molecule has 1 amide bonds. The first-order valence-corrected chi connectivity index (χ1v) is 6.90. The van der Waals surface area contributed by atoms with Crippen molar-refractivity contribution in [2.24, 2.45) is 5.73 Å². The van der Waals surface area contributed by atoms with E-state index < -0.39 is 0 Å². The third-order valence-corrected chi connectivity index (χ3v) is 3.78. The molecule has 0 heterocycles. The van der Waals surface area contributed by atoms with Crippen molar-refractivity contribution in [1.29, 1.82) is 0 Å². The summed E-state index contributed by atoms with van der Waals surface area (Å²) in [6.07, 6.45) is 4.12. The molecule has 1 aliphatic carbocycles. The molecule has 0 spiro atoms. The Hall–Kier alpha value is -1.42. The van der Waals surface area contributed by atoms with Crippen LogP contribution in [0.25, 0.3) is 0 Å². The SMILES string of the molecule is Cc1cc(C(=O)N(CCCN)C2CCC2)ccc1F. The van der Waals surface area contributed by atoms with Crippen LogP contribution in [0.3, 0.4) is 0 Å². The number of hydrogen-bond acceptors (Lipinski definition) is 2. The molecule has 1 aliphatic rings. The second kappa shape index (κ2) is 6.15. The molecular weight excluding hydrogens is 243 g/mol. The van der Waals surface area contributed by atoms with Crippen LogP contribution >= 0.6 is 0 Å². The van der Waals surface area contributed by atoms with Gasteiger partial charge < -0.3 is 10.6 Å². The highest BCUT2D eigenvalue weighted by Gasteiger charge is 2.29. The number of nitrogens with zero attached hydrogens (tertiary/aromatic N) is 1. The molecule has 0 bridgehead atoms. The van der Waals surface area contributed by atoms with Gasteiger partial charge >= 0.3 is 0 Å². The van der Waals surface area contributed by atoms with E-state index in [2.05, 4.69) is 0 Å². The van der Waals surface area contributed by atoms with Gasteiger partial charge in [-0.2, -0.15) is 0 Å². The fraction of sp³-hybridized carbons (Fsp3) is 0.533. The fourth-order valence-electron chi connectivity index (χ4n) is 2.35. The number of benzene rings is 1. The van der Waals surface area contributed by atoms with Crippen LogP contribution in [-0.2, 0) is 0 Å². The zero-order chi connectivity index (χ0) is 13.8. The quantitative estimate of drug-likeness (QED) is 0.888. The number of nitrogens with two attached hydrogens (primary N) is 1. The van der Waals surface area contributed by atoms with E-state index in [9.17, 15) is 9.18 Å². The molecule has 0 aliphatic heterocycles. The lowest BCUT2D eigenvalue weighted by Gasteiger charge is -2.37. The molecule has 0 atom stereocenters. The van der Waals surface area contributed by atoms with E-state index >= 15 is 0 Å². The smallest absolute Gasteiger partial charge is 0.254 e. The number of hydrogen-bond donors (Lipinski definition) is 1. The third-order valence-electron chi connectivity index (χ3n) is 3.78. The van der Waals surface area contributed by atoms with Gasteiger partial charge in [-0.25, -0.2) is 4.39 Å². The van der Waals surface area contributed by atoms with Crippen LogP contribution in [0, 0.1) is 12.7 Å². The largest absolute Gasteiger partial charge is 0.336 e. The van der Waals surface area contributed by atoms with E-state index in [1.807, 2.05) is 4.90 Å². The molecule has 2 rings (SSSR count). The van der Waals surface area contributed by atoms with Crippen molar-refractivity contribution in [2.75, 3.05) is 13.1 Å². The second-order valence-corrected chi connectivity index (χ2v) is 5.19. The van der Waals surface area contributed by atoms with Crippen LogP contribution < -0.4 is 5.73 Å². The van der Waals surface area contributed by atoms with E-state index in [1.165, 1.54) is 12.5 Å². The maximum absolute atomic E-state index is 13.3. The number of amides is 1. The number of carbonyl (C=O) groups excluding carboxylic acids is 1. The van der Waals surface area contributed by atoms with Crippen LogP contribution in [0.4, 0.5) is 4.39 Å². The summed E-state index contributed by atoms with van der Waals surface area (Å²) in [7, 11) is 0. The minimum absolute atomic E-state index is 0.00116. The zero-order valence-electron chi connectivity index (χ0n) is 11.4. The summed E-state index contributed by atoms with van der Waals surface area (Å²) in [5.74, 6) is -0.269. The first kappa shape index (κ1) is 14.0. The maximum atomic E-state index is 13.3. The Bertz CT molecular complexity index is 457. The molecule has 1 aromatic rings. The summed E-state index contributed by atoms with van der Waals surface area (Å²) in [4.78, 5) is 14.4. The van der Waals surface area contributed by atoms with Gasteiger partial charge in [0.2, 0.25) is 0 Å². The standard InChI is InChI=1S/C15H21FN2O/c1-11-10-12(6-7-14(11)16)15(19)18(9-3-8-17)13-4-2-5-13/h6-7,10,13H,2-5,8-9,17H2,1H3. The first-order valence-electron chi connectivity index (χ1n) is 6.90. The predicted molar refractivity (Wildman–Crippen MR) is 73.5 cm³/mol. The van der Waals surface area contributed by atoms with Crippen LogP contribution in [0.2, 0.25) is 0 Å². The summed E-state index contributed by atoms with van der Waals surface area (Å²) in [6.45, 7) is 2.95. The molecule has 19 heavy (non-hydrogen) atoms. The van der Waals surface area contributed by atoms with Gasteiger partial charge in [0.1, 0.15) is 5.82 Å². The normalized spacial score (nSPS) is 15.1. The van der Waals surface area contributed by atoms with Gasteiger partial charge in [0.25, 0.3) is 5.91 Å². The Morgan fingerprint density at radius 2 is 2.21 bits per heavy atom. The molecule has 1 saturated carbocycles. The van der Waals surface area contributed by atoms with Crippen molar-refractivity contribution in [2.45, 2.75) is 38.6 Å². The van der Waals surface area contributed by atoms with Crippen molar-refractivity contribution in [1.82, 2.24) is 4.90 Å². The molecule has 0 radical (unpaired) electrons. The summed E-state index contributed by atoms with van der Waals surface area (Å²) < 4.78 is 13.3. The highest BCUT2D eigenvalue weighted by Crippen LogP contribution is 2.26. The molecular formula is C15H21FN2O. The number of carbonyl (C=O) groups is 1. The third kappa shape index (κ3) is 3.13. The van der Waals surface area contributed by atoms with E-state index in [4.69, 9.17) is 5.73 Å². The van der Waals surface area contributed by atoms with Gasteiger partial charge in [0.05, 0.1) is 0 Å². The lowest BCUT2D eigenvalue weighted by Crippen LogP contribution is -2.45. The van der Waals surface area contributed by atoms with Crippen LogP contribution in [0.1, 0.15) is 41.6 Å². The Kier molecular flexibility index (Phi) is 4.53. The first-order chi connectivity index (χ1) is 9.13. The molecule has 1 fully saturated rings. The van der Waals surface area contributed by atoms with E-state index in [1.54, 1.807) is 19.1 Å². The topological polar surface area (TPSA) is 46.3 Å². The Labute approximate surface area is 113 Å². The molecule has 1 aromatic carbocycles. The fourth-order valence-corrected chi connectivity index (χ4v) is 2.35. The summed E-state index contributed by atoms with van der Waals surface area (Å²) in [5, 5.41) is 0. The van der Waals surface area contributed by atoms with Crippen molar-refractivity contribution < 1.29 is 9.18 Å². The van der Waals surface area contributed by atoms with E-state index in [-0.39, 0.29) is 11.7 Å². The summed E-state index contributed by atoms with van der Waals surface area (Å²) >= 11 is 0. The second-order valence-electron chi connectivity index (χ2n) is 5.19. The predicted octanol–water partition coefficient (Wildman–Crippen LogP) is 2.48. The minimum atomic E-state index is -0.270. The van der Waals surface area contributed by atoms with Crippen molar-refractivity contribution in [3.63, 3.8) is 0 Å². The van der Waals surface area contributed by atoms with Crippen molar-refractivity contribution in [3.8, 4) is 0 Å². The molecule has 0 unspecified atom stereocenters. The van der Waals surface area contributed by atoms with Gasteiger partial charge in [0, 0.05) is 18.2 Å². The summed E-state index contributed by atoms with van der Waals surface area (Å²) in [6, 6.07) is 4.90. The van der Waals surface area contributed by atoms with E-state index in [0.717, 1.165) is 19.3 Å². The lowest BCUT2D eigenvalue weighted by atomic mass is 9.90. The van der Waals surface area contributed by atoms with Gasteiger partial charge in [-0.1, -0.05) is 0 Å². The van der Waals surface area contributed by atoms with E-state index in [0.29, 0.717) is 30.3 Å². The Morgan fingerprint density at radius 3 is 2.74 bits per heavy atom. The number of rotatable bonds is 5. The van der Waals surface area contributed by atoms with Gasteiger partial charge in [0.15, 0.2) is 0 Å².